The molecule has 1 unspecified atom stereocenters. The lowest BCUT2D eigenvalue weighted by Gasteiger charge is -2.20. The lowest BCUT2D eigenvalue weighted by molar-refractivity contribution is 0.189. The van der Waals surface area contributed by atoms with E-state index < -0.39 is 0 Å². The molecule has 1 aromatic rings. The first-order valence-electron chi connectivity index (χ1n) is 5.54. The predicted molar refractivity (Wildman–Crippen MR) is 53.0 cm³/mol. The van der Waals surface area contributed by atoms with Gasteiger partial charge in [0.05, 0.1) is 12.8 Å². The van der Waals surface area contributed by atoms with E-state index in [1.54, 1.807) is 6.20 Å². The topological polar surface area (TPSA) is 37.9 Å². The van der Waals surface area contributed by atoms with Crippen molar-refractivity contribution in [1.82, 2.24) is 10.2 Å². The second-order valence-electron chi connectivity index (χ2n) is 4.67. The van der Waals surface area contributed by atoms with Crippen LogP contribution in [0.5, 0.6) is 5.88 Å². The van der Waals surface area contributed by atoms with Crippen molar-refractivity contribution >= 4 is 0 Å². The predicted octanol–water partition coefficient (Wildman–Crippen LogP) is 2.22. The monoisotopic (exact) mass is 192 g/mol. The highest BCUT2D eigenvalue weighted by Gasteiger charge is 2.39. The van der Waals surface area contributed by atoms with Gasteiger partial charge in [-0.05, 0) is 37.0 Å². The molecule has 1 heterocycles. The van der Waals surface area contributed by atoms with E-state index in [2.05, 4.69) is 10.2 Å². The highest BCUT2D eigenvalue weighted by atomic mass is 16.5. The average molecular weight is 192 g/mol. The second kappa shape index (κ2) is 3.30. The smallest absolute Gasteiger partial charge is 0.209 e. The van der Waals surface area contributed by atoms with E-state index in [0.29, 0.717) is 0 Å². The Hall–Kier alpha value is -0.990. The standard InChI is InChI=1S/C11H16N2O/c1-2-9-5-8(1)6-10(9)7-14-11-3-4-12-13-11/h3-4,8-10H,1-2,5-7H2,(H,12,13)/t8-,9+,10?/m0/s1. The van der Waals surface area contributed by atoms with Gasteiger partial charge in [-0.25, -0.2) is 5.10 Å². The Balaban J connectivity index is 1.54. The lowest BCUT2D eigenvalue weighted by atomic mass is 9.90. The third-order valence-electron chi connectivity index (χ3n) is 3.81. The Kier molecular flexibility index (Phi) is 1.96. The van der Waals surface area contributed by atoms with Crippen molar-refractivity contribution in [2.75, 3.05) is 6.61 Å². The fourth-order valence-electron chi connectivity index (χ4n) is 3.10. The van der Waals surface area contributed by atoms with Gasteiger partial charge in [0.15, 0.2) is 0 Å². The summed E-state index contributed by atoms with van der Waals surface area (Å²) < 4.78 is 5.66. The van der Waals surface area contributed by atoms with E-state index >= 15 is 0 Å². The van der Waals surface area contributed by atoms with Crippen LogP contribution in [0.3, 0.4) is 0 Å². The molecular formula is C11H16N2O. The summed E-state index contributed by atoms with van der Waals surface area (Å²) in [5, 5.41) is 6.70. The maximum absolute atomic E-state index is 5.66. The fourth-order valence-corrected chi connectivity index (χ4v) is 3.10. The van der Waals surface area contributed by atoms with Crippen LogP contribution < -0.4 is 4.74 Å². The molecule has 1 aromatic heterocycles. The highest BCUT2D eigenvalue weighted by Crippen LogP contribution is 2.48. The van der Waals surface area contributed by atoms with Crippen LogP contribution in [-0.4, -0.2) is 16.8 Å². The number of hydrogen-bond acceptors (Lipinski definition) is 2. The maximum Gasteiger partial charge on any atom is 0.209 e. The van der Waals surface area contributed by atoms with E-state index in [9.17, 15) is 0 Å². The molecule has 3 nitrogen and oxygen atoms in total. The summed E-state index contributed by atoms with van der Waals surface area (Å²) >= 11 is 0. The number of aromatic amines is 1. The summed E-state index contributed by atoms with van der Waals surface area (Å²) in [5.74, 6) is 3.57. The summed E-state index contributed by atoms with van der Waals surface area (Å²) in [6.07, 6.45) is 7.47. The van der Waals surface area contributed by atoms with Gasteiger partial charge in [0.2, 0.25) is 5.88 Å². The molecule has 3 atom stereocenters. The van der Waals surface area contributed by atoms with Gasteiger partial charge in [0.1, 0.15) is 0 Å². The molecule has 0 amide bonds. The van der Waals surface area contributed by atoms with E-state index in [1.165, 1.54) is 25.7 Å². The van der Waals surface area contributed by atoms with Crippen LogP contribution in [-0.2, 0) is 0 Å². The molecule has 0 aliphatic heterocycles. The van der Waals surface area contributed by atoms with Gasteiger partial charge in [-0.15, -0.1) is 0 Å². The van der Waals surface area contributed by atoms with Crippen molar-refractivity contribution < 1.29 is 4.74 Å². The SMILES string of the molecule is c1cc(OCC2C[C@H]3CC[C@@H]2C3)[nH]n1. The van der Waals surface area contributed by atoms with Gasteiger partial charge < -0.3 is 4.74 Å². The van der Waals surface area contributed by atoms with Crippen LogP contribution >= 0.6 is 0 Å². The fraction of sp³-hybridized carbons (Fsp3) is 0.727. The molecule has 0 radical (unpaired) electrons. The van der Waals surface area contributed by atoms with Crippen molar-refractivity contribution in [2.45, 2.75) is 25.7 Å². The van der Waals surface area contributed by atoms with Crippen LogP contribution in [0.4, 0.5) is 0 Å². The van der Waals surface area contributed by atoms with Crippen LogP contribution in [0, 0.1) is 17.8 Å². The Morgan fingerprint density at radius 2 is 2.43 bits per heavy atom. The molecule has 76 valence electrons. The third-order valence-corrected chi connectivity index (χ3v) is 3.81. The highest BCUT2D eigenvalue weighted by molar-refractivity contribution is 5.04. The second-order valence-corrected chi connectivity index (χ2v) is 4.67. The summed E-state index contributed by atoms with van der Waals surface area (Å²) in [7, 11) is 0. The van der Waals surface area contributed by atoms with Gasteiger partial charge in [-0.3, -0.25) is 0 Å². The average Bonchev–Trinajstić information content (AvgIpc) is 2.91. The minimum Gasteiger partial charge on any atom is -0.478 e. The minimum absolute atomic E-state index is 0.803. The maximum atomic E-state index is 5.66. The summed E-state index contributed by atoms with van der Waals surface area (Å²) in [6.45, 7) is 0.878. The zero-order valence-electron chi connectivity index (χ0n) is 8.28. The number of nitrogens with zero attached hydrogens (tertiary/aromatic N) is 1. The van der Waals surface area contributed by atoms with Crippen molar-refractivity contribution in [3.63, 3.8) is 0 Å². The largest absolute Gasteiger partial charge is 0.478 e. The number of rotatable bonds is 3. The van der Waals surface area contributed by atoms with Gasteiger partial charge in [-0.1, -0.05) is 6.42 Å². The molecule has 1 N–H and O–H groups in total. The van der Waals surface area contributed by atoms with Crippen molar-refractivity contribution in [2.24, 2.45) is 17.8 Å². The Morgan fingerprint density at radius 1 is 1.43 bits per heavy atom. The van der Waals surface area contributed by atoms with Crippen molar-refractivity contribution in [3.8, 4) is 5.88 Å². The number of ether oxygens (including phenoxy) is 1. The van der Waals surface area contributed by atoms with Crippen LogP contribution in [0.1, 0.15) is 25.7 Å². The van der Waals surface area contributed by atoms with Gasteiger partial charge in [0, 0.05) is 6.07 Å². The molecule has 0 saturated heterocycles. The Labute approximate surface area is 83.9 Å². The molecule has 3 heteroatoms. The van der Waals surface area contributed by atoms with Crippen LogP contribution in [0.2, 0.25) is 0 Å². The number of nitrogens with one attached hydrogen (secondary N) is 1. The molecule has 2 aliphatic rings. The molecule has 2 fully saturated rings. The minimum atomic E-state index is 0.803. The number of fused-ring (bicyclic) bond motifs is 2. The van der Waals surface area contributed by atoms with Gasteiger partial charge in [0.25, 0.3) is 0 Å². The summed E-state index contributed by atoms with van der Waals surface area (Å²) in [4.78, 5) is 0. The molecular weight excluding hydrogens is 176 g/mol. The molecule has 0 spiro atoms. The van der Waals surface area contributed by atoms with Gasteiger partial charge in [-0.2, -0.15) is 5.10 Å². The summed E-state index contributed by atoms with van der Waals surface area (Å²) in [5.41, 5.74) is 0. The molecule has 14 heavy (non-hydrogen) atoms. The number of H-pyrrole nitrogens is 1. The summed E-state index contributed by atoms with van der Waals surface area (Å²) in [6, 6.07) is 1.88. The Bertz CT molecular complexity index is 296. The number of aromatic nitrogens is 2. The number of hydrogen-bond donors (Lipinski definition) is 1. The molecule has 2 bridgehead atoms. The van der Waals surface area contributed by atoms with E-state index in [1.807, 2.05) is 6.07 Å². The normalized spacial score (nSPS) is 35.0. The first-order chi connectivity index (χ1) is 6.92. The van der Waals surface area contributed by atoms with Crippen LogP contribution in [0.15, 0.2) is 12.3 Å². The zero-order chi connectivity index (χ0) is 9.38. The van der Waals surface area contributed by atoms with E-state index in [4.69, 9.17) is 4.74 Å². The molecule has 2 aliphatic carbocycles. The first-order valence-corrected chi connectivity index (χ1v) is 5.54. The van der Waals surface area contributed by atoms with E-state index in [-0.39, 0.29) is 0 Å². The molecule has 2 saturated carbocycles. The van der Waals surface area contributed by atoms with Crippen molar-refractivity contribution in [3.05, 3.63) is 12.3 Å². The lowest BCUT2D eigenvalue weighted by Crippen LogP contribution is -2.18. The van der Waals surface area contributed by atoms with Gasteiger partial charge >= 0.3 is 0 Å². The third kappa shape index (κ3) is 1.41. The van der Waals surface area contributed by atoms with Crippen LogP contribution in [0.25, 0.3) is 0 Å². The quantitative estimate of drug-likeness (QED) is 0.797. The molecule has 0 aromatic carbocycles. The first kappa shape index (κ1) is 8.33. The Morgan fingerprint density at radius 3 is 3.07 bits per heavy atom. The zero-order valence-corrected chi connectivity index (χ0v) is 8.28. The molecule has 3 rings (SSSR count). The van der Waals surface area contributed by atoms with E-state index in [0.717, 1.165) is 30.2 Å². The van der Waals surface area contributed by atoms with Crippen molar-refractivity contribution in [1.29, 1.82) is 0 Å².